The number of anilines is 1. The molecule has 3 rings (SSSR count). The summed E-state index contributed by atoms with van der Waals surface area (Å²) in [5.74, 6) is -0.784. The molecule has 0 saturated heterocycles. The summed E-state index contributed by atoms with van der Waals surface area (Å²) in [6, 6.07) is 17.7. The van der Waals surface area contributed by atoms with E-state index in [1.807, 2.05) is 47.8 Å². The molecule has 0 bridgehead atoms. The normalized spacial score (nSPS) is 11.5. The average molecular weight is 420 g/mol. The number of methoxy groups -OCH3 is 1. The zero-order chi connectivity index (χ0) is 21.7. The standard InChI is InChI=1S/C25H25NO3S/c1-25(2,3)19-13-10-17(11-14-19)12-15-21(27)26-23-22(24(28)29-4)20(16-30-23)18-8-6-5-7-9-18/h5-16H,1-4H3,(H,26,27). The van der Waals surface area contributed by atoms with E-state index in [0.717, 1.165) is 16.7 Å². The van der Waals surface area contributed by atoms with Crippen LogP contribution in [0.15, 0.2) is 66.1 Å². The average Bonchev–Trinajstić information content (AvgIpc) is 3.15. The first-order valence-electron chi connectivity index (χ1n) is 9.64. The molecule has 4 nitrogen and oxygen atoms in total. The highest BCUT2D eigenvalue weighted by Crippen LogP contribution is 2.36. The number of carbonyl (C=O) groups excluding carboxylic acids is 2. The molecular weight excluding hydrogens is 394 g/mol. The van der Waals surface area contributed by atoms with Gasteiger partial charge in [0, 0.05) is 17.0 Å². The van der Waals surface area contributed by atoms with E-state index >= 15 is 0 Å². The van der Waals surface area contributed by atoms with Gasteiger partial charge < -0.3 is 10.1 Å². The maximum absolute atomic E-state index is 12.5. The Balaban J connectivity index is 1.79. The van der Waals surface area contributed by atoms with Crippen LogP contribution in [0.3, 0.4) is 0 Å². The second-order valence-corrected chi connectivity index (χ2v) is 8.79. The quantitative estimate of drug-likeness (QED) is 0.398. The lowest BCUT2D eigenvalue weighted by molar-refractivity contribution is -0.111. The second kappa shape index (κ2) is 9.09. The molecule has 1 heterocycles. The molecular formula is C25H25NO3S. The summed E-state index contributed by atoms with van der Waals surface area (Å²) >= 11 is 1.30. The molecule has 1 N–H and O–H groups in total. The van der Waals surface area contributed by atoms with Crippen LogP contribution in [0.4, 0.5) is 5.00 Å². The Bertz CT molecular complexity index is 1060. The molecule has 1 aromatic heterocycles. The van der Waals surface area contributed by atoms with Crippen molar-refractivity contribution in [1.82, 2.24) is 0 Å². The van der Waals surface area contributed by atoms with Crippen molar-refractivity contribution in [2.75, 3.05) is 12.4 Å². The smallest absolute Gasteiger partial charge is 0.341 e. The van der Waals surface area contributed by atoms with E-state index in [4.69, 9.17) is 4.74 Å². The number of hydrogen-bond donors (Lipinski definition) is 1. The number of rotatable bonds is 5. The van der Waals surface area contributed by atoms with Gasteiger partial charge in [-0.3, -0.25) is 4.79 Å². The zero-order valence-corrected chi connectivity index (χ0v) is 18.4. The third-order valence-electron chi connectivity index (χ3n) is 4.71. The third-order valence-corrected chi connectivity index (χ3v) is 5.60. The van der Waals surface area contributed by atoms with E-state index in [1.165, 1.54) is 30.1 Å². The van der Waals surface area contributed by atoms with Crippen molar-refractivity contribution in [2.24, 2.45) is 0 Å². The topological polar surface area (TPSA) is 55.4 Å². The molecule has 0 saturated carbocycles. The van der Waals surface area contributed by atoms with E-state index in [-0.39, 0.29) is 11.3 Å². The van der Waals surface area contributed by atoms with Gasteiger partial charge >= 0.3 is 5.97 Å². The molecule has 0 aliphatic carbocycles. The SMILES string of the molecule is COC(=O)c1c(-c2ccccc2)csc1NC(=O)C=Cc1ccc(C(C)(C)C)cc1. The molecule has 0 aliphatic heterocycles. The Labute approximate surface area is 181 Å². The van der Waals surface area contributed by atoms with Crippen LogP contribution in [0, 0.1) is 0 Å². The Hall–Kier alpha value is -3.18. The number of amides is 1. The zero-order valence-electron chi connectivity index (χ0n) is 17.6. The number of nitrogens with one attached hydrogen (secondary N) is 1. The van der Waals surface area contributed by atoms with E-state index in [2.05, 4.69) is 38.2 Å². The van der Waals surface area contributed by atoms with Gasteiger partial charge in [-0.25, -0.2) is 4.79 Å². The van der Waals surface area contributed by atoms with Crippen LogP contribution in [-0.2, 0) is 14.9 Å². The Morgan fingerprint density at radius 3 is 2.27 bits per heavy atom. The lowest BCUT2D eigenvalue weighted by Gasteiger charge is -2.18. The molecule has 30 heavy (non-hydrogen) atoms. The predicted octanol–water partition coefficient (Wildman–Crippen LogP) is 6.15. The van der Waals surface area contributed by atoms with Crippen LogP contribution in [0.1, 0.15) is 42.3 Å². The Morgan fingerprint density at radius 1 is 1.00 bits per heavy atom. The number of ether oxygens (including phenoxy) is 1. The van der Waals surface area contributed by atoms with Crippen molar-refractivity contribution in [3.8, 4) is 11.1 Å². The fraction of sp³-hybridized carbons (Fsp3) is 0.200. The van der Waals surface area contributed by atoms with Crippen molar-refractivity contribution >= 4 is 34.3 Å². The fourth-order valence-electron chi connectivity index (χ4n) is 3.00. The lowest BCUT2D eigenvalue weighted by Crippen LogP contribution is -2.11. The summed E-state index contributed by atoms with van der Waals surface area (Å²) in [6.45, 7) is 6.48. The molecule has 0 spiro atoms. The summed E-state index contributed by atoms with van der Waals surface area (Å²) in [6.07, 6.45) is 3.22. The van der Waals surface area contributed by atoms with Gasteiger partial charge in [-0.2, -0.15) is 0 Å². The molecule has 0 aliphatic rings. The lowest BCUT2D eigenvalue weighted by atomic mass is 9.87. The maximum atomic E-state index is 12.5. The van der Waals surface area contributed by atoms with Crippen LogP contribution >= 0.6 is 11.3 Å². The number of hydrogen-bond acceptors (Lipinski definition) is 4. The fourth-order valence-corrected chi connectivity index (χ4v) is 3.96. The van der Waals surface area contributed by atoms with Crippen LogP contribution in [0.25, 0.3) is 17.2 Å². The van der Waals surface area contributed by atoms with Gasteiger partial charge in [0.2, 0.25) is 5.91 Å². The number of esters is 1. The number of benzene rings is 2. The Kier molecular flexibility index (Phi) is 6.53. The highest BCUT2D eigenvalue weighted by Gasteiger charge is 2.21. The van der Waals surface area contributed by atoms with E-state index in [1.54, 1.807) is 6.08 Å². The largest absolute Gasteiger partial charge is 0.465 e. The molecule has 2 aromatic carbocycles. The summed E-state index contributed by atoms with van der Waals surface area (Å²) in [5, 5.41) is 5.14. The predicted molar refractivity (Wildman–Crippen MR) is 124 cm³/mol. The Morgan fingerprint density at radius 2 is 1.67 bits per heavy atom. The number of carbonyl (C=O) groups is 2. The first-order valence-corrected chi connectivity index (χ1v) is 10.5. The molecule has 0 unspecified atom stereocenters. The monoisotopic (exact) mass is 419 g/mol. The first kappa shape index (κ1) is 21.5. The van der Waals surface area contributed by atoms with Crippen molar-refractivity contribution in [3.05, 3.63) is 82.7 Å². The van der Waals surface area contributed by atoms with E-state index in [0.29, 0.717) is 10.6 Å². The molecule has 1 amide bonds. The first-order chi connectivity index (χ1) is 14.3. The summed E-state index contributed by atoms with van der Waals surface area (Å²) < 4.78 is 4.95. The van der Waals surface area contributed by atoms with Crippen molar-refractivity contribution in [1.29, 1.82) is 0 Å². The van der Waals surface area contributed by atoms with E-state index in [9.17, 15) is 9.59 Å². The van der Waals surface area contributed by atoms with Crippen LogP contribution in [0.5, 0.6) is 0 Å². The highest BCUT2D eigenvalue weighted by molar-refractivity contribution is 7.15. The highest BCUT2D eigenvalue weighted by atomic mass is 32.1. The van der Waals surface area contributed by atoms with Gasteiger partial charge in [0.15, 0.2) is 0 Å². The molecule has 5 heteroatoms. The van der Waals surface area contributed by atoms with Gasteiger partial charge in [-0.15, -0.1) is 11.3 Å². The number of thiophene rings is 1. The van der Waals surface area contributed by atoms with Gasteiger partial charge in [-0.05, 0) is 28.2 Å². The van der Waals surface area contributed by atoms with Crippen molar-refractivity contribution in [2.45, 2.75) is 26.2 Å². The van der Waals surface area contributed by atoms with Crippen molar-refractivity contribution < 1.29 is 14.3 Å². The van der Waals surface area contributed by atoms with Crippen LogP contribution in [-0.4, -0.2) is 19.0 Å². The van der Waals surface area contributed by atoms with Gasteiger partial charge in [-0.1, -0.05) is 75.4 Å². The summed E-state index contributed by atoms with van der Waals surface area (Å²) in [4.78, 5) is 24.9. The molecule has 0 atom stereocenters. The molecule has 0 fully saturated rings. The molecule has 3 aromatic rings. The van der Waals surface area contributed by atoms with Crippen molar-refractivity contribution in [3.63, 3.8) is 0 Å². The van der Waals surface area contributed by atoms with Gasteiger partial charge in [0.1, 0.15) is 10.6 Å². The molecule has 0 radical (unpaired) electrons. The van der Waals surface area contributed by atoms with Gasteiger partial charge in [0.25, 0.3) is 0 Å². The minimum absolute atomic E-state index is 0.0829. The minimum atomic E-state index is -0.479. The summed E-state index contributed by atoms with van der Waals surface area (Å²) in [7, 11) is 1.33. The minimum Gasteiger partial charge on any atom is -0.465 e. The van der Waals surface area contributed by atoms with Crippen LogP contribution < -0.4 is 5.32 Å². The third kappa shape index (κ3) is 5.05. The van der Waals surface area contributed by atoms with Gasteiger partial charge in [0.05, 0.1) is 7.11 Å². The summed E-state index contributed by atoms with van der Waals surface area (Å²) in [5.41, 5.74) is 4.25. The maximum Gasteiger partial charge on any atom is 0.341 e. The molecule has 154 valence electrons. The van der Waals surface area contributed by atoms with Crippen LogP contribution in [0.2, 0.25) is 0 Å². The van der Waals surface area contributed by atoms with E-state index < -0.39 is 5.97 Å². The second-order valence-electron chi connectivity index (χ2n) is 7.91.